The van der Waals surface area contributed by atoms with E-state index in [0.717, 1.165) is 6.26 Å². The maximum Gasteiger partial charge on any atom is 0.259 e. The molecule has 0 saturated heterocycles. The lowest BCUT2D eigenvalue weighted by Gasteiger charge is -2.08. The number of carbonyl (C=O) groups excluding carboxylic acids is 1. The van der Waals surface area contributed by atoms with Crippen LogP contribution in [-0.2, 0) is 9.84 Å². The minimum atomic E-state index is -3.60. The van der Waals surface area contributed by atoms with E-state index in [4.69, 9.17) is 0 Å². The molecule has 0 aromatic carbocycles. The van der Waals surface area contributed by atoms with Gasteiger partial charge in [0.25, 0.3) is 5.91 Å². The number of aryl methyl sites for hydroxylation is 1. The first-order chi connectivity index (χ1) is 9.38. The van der Waals surface area contributed by atoms with E-state index in [1.165, 1.54) is 30.9 Å². The second kappa shape index (κ2) is 5.33. The van der Waals surface area contributed by atoms with Gasteiger partial charge in [-0.15, -0.1) is 0 Å². The van der Waals surface area contributed by atoms with Gasteiger partial charge >= 0.3 is 0 Å². The number of sulfone groups is 1. The van der Waals surface area contributed by atoms with Gasteiger partial charge in [0.15, 0.2) is 20.7 Å². The lowest BCUT2D eigenvalue weighted by molar-refractivity contribution is 0.102. The van der Waals surface area contributed by atoms with Gasteiger partial charge in [0.2, 0.25) is 0 Å². The highest BCUT2D eigenvalue weighted by Gasteiger charge is 2.21. The summed E-state index contributed by atoms with van der Waals surface area (Å²) < 4.78 is 23.3. The Morgan fingerprint density at radius 3 is 2.55 bits per heavy atom. The first-order valence-electron chi connectivity index (χ1n) is 5.62. The van der Waals surface area contributed by atoms with Crippen molar-refractivity contribution in [2.45, 2.75) is 11.9 Å². The van der Waals surface area contributed by atoms with E-state index < -0.39 is 15.7 Å². The molecule has 104 valence electrons. The van der Waals surface area contributed by atoms with Crippen LogP contribution in [0, 0.1) is 6.92 Å². The predicted octanol–water partition coefficient (Wildman–Crippen LogP) is 0.836. The summed E-state index contributed by atoms with van der Waals surface area (Å²) in [6.45, 7) is 1.72. The van der Waals surface area contributed by atoms with E-state index in [2.05, 4.69) is 20.3 Å². The molecule has 20 heavy (non-hydrogen) atoms. The zero-order valence-electron chi connectivity index (χ0n) is 10.9. The lowest BCUT2D eigenvalue weighted by Crippen LogP contribution is -2.18. The van der Waals surface area contributed by atoms with E-state index >= 15 is 0 Å². The van der Waals surface area contributed by atoms with Crippen molar-refractivity contribution in [2.24, 2.45) is 0 Å². The van der Waals surface area contributed by atoms with Crippen LogP contribution in [0.3, 0.4) is 0 Å². The number of nitrogens with one attached hydrogen (secondary N) is 1. The second-order valence-electron chi connectivity index (χ2n) is 4.18. The van der Waals surface area contributed by atoms with Gasteiger partial charge in [-0.2, -0.15) is 0 Å². The molecule has 0 atom stereocenters. The molecule has 0 fully saturated rings. The van der Waals surface area contributed by atoms with Crippen molar-refractivity contribution in [3.8, 4) is 0 Å². The van der Waals surface area contributed by atoms with Crippen molar-refractivity contribution >= 4 is 21.6 Å². The molecule has 0 saturated carbocycles. The van der Waals surface area contributed by atoms with Crippen LogP contribution >= 0.6 is 0 Å². The van der Waals surface area contributed by atoms with Gasteiger partial charge in [0, 0.05) is 24.8 Å². The second-order valence-corrected chi connectivity index (χ2v) is 6.11. The Bertz CT molecular complexity index is 745. The third-order valence-corrected chi connectivity index (χ3v) is 3.42. The van der Waals surface area contributed by atoms with Crippen molar-refractivity contribution in [1.29, 1.82) is 0 Å². The van der Waals surface area contributed by atoms with E-state index in [1.807, 2.05) is 0 Å². The van der Waals surface area contributed by atoms with Crippen molar-refractivity contribution < 1.29 is 13.2 Å². The Balaban J connectivity index is 2.42. The Labute approximate surface area is 116 Å². The summed E-state index contributed by atoms with van der Waals surface area (Å²) in [6, 6.07) is 1.47. The first kappa shape index (κ1) is 14.1. The van der Waals surface area contributed by atoms with Crippen LogP contribution in [-0.4, -0.2) is 35.5 Å². The van der Waals surface area contributed by atoms with Gasteiger partial charge in [-0.25, -0.2) is 18.4 Å². The van der Waals surface area contributed by atoms with E-state index in [0.29, 0.717) is 5.56 Å². The molecule has 1 N–H and O–H groups in total. The van der Waals surface area contributed by atoms with Crippen LogP contribution in [0.5, 0.6) is 0 Å². The fourth-order valence-corrected chi connectivity index (χ4v) is 2.36. The Kier molecular flexibility index (Phi) is 3.75. The molecule has 0 unspecified atom stereocenters. The SMILES string of the molecule is Cc1cnc(S(C)(=O)=O)c(C(=O)Nc2cnccn2)c1. The molecular formula is C12H12N4O3S. The molecule has 0 aliphatic rings. The average Bonchev–Trinajstić information content (AvgIpc) is 2.38. The summed E-state index contributed by atoms with van der Waals surface area (Å²) in [5, 5.41) is 2.22. The van der Waals surface area contributed by atoms with Crippen LogP contribution in [0.15, 0.2) is 35.9 Å². The van der Waals surface area contributed by atoms with E-state index in [9.17, 15) is 13.2 Å². The van der Waals surface area contributed by atoms with Crippen molar-refractivity contribution in [1.82, 2.24) is 15.0 Å². The average molecular weight is 292 g/mol. The largest absolute Gasteiger partial charge is 0.305 e. The molecule has 0 radical (unpaired) electrons. The summed E-state index contributed by atoms with van der Waals surface area (Å²) in [7, 11) is -3.60. The van der Waals surface area contributed by atoms with Gasteiger partial charge in [-0.1, -0.05) is 0 Å². The molecule has 1 amide bonds. The maximum absolute atomic E-state index is 12.2. The van der Waals surface area contributed by atoms with E-state index in [1.54, 1.807) is 6.92 Å². The van der Waals surface area contributed by atoms with Crippen molar-refractivity contribution in [3.63, 3.8) is 0 Å². The lowest BCUT2D eigenvalue weighted by atomic mass is 10.2. The van der Waals surface area contributed by atoms with Crippen LogP contribution < -0.4 is 5.32 Å². The third-order valence-electron chi connectivity index (χ3n) is 2.39. The zero-order valence-corrected chi connectivity index (χ0v) is 11.7. The smallest absolute Gasteiger partial charge is 0.259 e. The van der Waals surface area contributed by atoms with Crippen LogP contribution in [0.25, 0.3) is 0 Å². The minimum absolute atomic E-state index is 0.0156. The van der Waals surface area contributed by atoms with Crippen molar-refractivity contribution in [3.05, 3.63) is 42.0 Å². The van der Waals surface area contributed by atoms with Crippen LogP contribution in [0.2, 0.25) is 0 Å². The predicted molar refractivity (Wildman–Crippen MR) is 72.1 cm³/mol. The zero-order chi connectivity index (χ0) is 14.8. The van der Waals surface area contributed by atoms with Crippen LogP contribution in [0.4, 0.5) is 5.82 Å². The summed E-state index contributed by atoms with van der Waals surface area (Å²) in [5.74, 6) is -0.361. The fraction of sp³-hybridized carbons (Fsp3) is 0.167. The molecule has 0 aliphatic carbocycles. The number of anilines is 1. The summed E-state index contributed by atoms with van der Waals surface area (Å²) in [4.78, 5) is 23.7. The van der Waals surface area contributed by atoms with Gasteiger partial charge < -0.3 is 5.32 Å². The molecule has 2 aromatic heterocycles. The number of rotatable bonds is 3. The Morgan fingerprint density at radius 2 is 1.95 bits per heavy atom. The van der Waals surface area contributed by atoms with Gasteiger partial charge in [0.05, 0.1) is 11.8 Å². The standard InChI is InChI=1S/C12H12N4O3S/c1-8-5-9(12(15-6-8)20(2,18)19)11(17)16-10-7-13-3-4-14-10/h3-7H,1-2H3,(H,14,16,17). The molecular weight excluding hydrogens is 280 g/mol. The molecule has 0 spiro atoms. The van der Waals surface area contributed by atoms with Gasteiger partial charge in [-0.3, -0.25) is 9.78 Å². The number of pyridine rings is 1. The van der Waals surface area contributed by atoms with E-state index in [-0.39, 0.29) is 16.4 Å². The summed E-state index contributed by atoms with van der Waals surface area (Å²) in [5.41, 5.74) is 0.667. The number of amides is 1. The molecule has 2 aromatic rings. The molecule has 2 rings (SSSR count). The highest BCUT2D eigenvalue weighted by Crippen LogP contribution is 2.15. The number of carbonyl (C=O) groups is 1. The molecule has 0 aliphatic heterocycles. The summed E-state index contributed by atoms with van der Waals surface area (Å²) in [6.07, 6.45) is 6.65. The highest BCUT2D eigenvalue weighted by atomic mass is 32.2. The van der Waals surface area contributed by atoms with Crippen LogP contribution in [0.1, 0.15) is 15.9 Å². The minimum Gasteiger partial charge on any atom is -0.305 e. The number of aromatic nitrogens is 3. The molecule has 8 heteroatoms. The Morgan fingerprint density at radius 1 is 1.20 bits per heavy atom. The molecule has 7 nitrogen and oxygen atoms in total. The van der Waals surface area contributed by atoms with Gasteiger partial charge in [0.1, 0.15) is 0 Å². The fourth-order valence-electron chi connectivity index (χ4n) is 1.56. The maximum atomic E-state index is 12.2. The normalized spacial score (nSPS) is 11.1. The first-order valence-corrected chi connectivity index (χ1v) is 7.51. The quantitative estimate of drug-likeness (QED) is 0.899. The Hall–Kier alpha value is -2.35. The number of hydrogen-bond acceptors (Lipinski definition) is 6. The summed E-state index contributed by atoms with van der Waals surface area (Å²) >= 11 is 0. The van der Waals surface area contributed by atoms with Crippen molar-refractivity contribution in [2.75, 3.05) is 11.6 Å². The molecule has 0 bridgehead atoms. The number of nitrogens with zero attached hydrogens (tertiary/aromatic N) is 3. The number of hydrogen-bond donors (Lipinski definition) is 1. The third kappa shape index (κ3) is 3.15. The highest BCUT2D eigenvalue weighted by molar-refractivity contribution is 7.90. The van der Waals surface area contributed by atoms with Gasteiger partial charge in [-0.05, 0) is 18.6 Å². The monoisotopic (exact) mass is 292 g/mol. The molecule has 2 heterocycles. The topological polar surface area (TPSA) is 102 Å².